The maximum Gasteiger partial charge on any atom is 0.343 e. The van der Waals surface area contributed by atoms with E-state index in [0.29, 0.717) is 17.3 Å². The Bertz CT molecular complexity index is 704. The first kappa shape index (κ1) is 13.8. The van der Waals surface area contributed by atoms with Crippen molar-refractivity contribution in [2.24, 2.45) is 0 Å². The number of hydrogen-bond acceptors (Lipinski definition) is 3. The normalized spacial score (nSPS) is 16.4. The summed E-state index contributed by atoms with van der Waals surface area (Å²) in [6.07, 6.45) is 3.68. The Morgan fingerprint density at radius 3 is 2.52 bits per heavy atom. The van der Waals surface area contributed by atoms with Gasteiger partial charge in [-0.2, -0.15) is 0 Å². The van der Waals surface area contributed by atoms with Gasteiger partial charge in [0, 0.05) is 10.4 Å². The second-order valence-corrected chi connectivity index (χ2v) is 6.27. The lowest BCUT2D eigenvalue weighted by Gasteiger charge is -2.06. The monoisotopic (exact) mass is 296 g/mol. The predicted molar refractivity (Wildman–Crippen MR) is 86.9 cm³/mol. The number of carbonyl (C=O) groups is 1. The molecule has 0 aliphatic carbocycles. The van der Waals surface area contributed by atoms with E-state index in [9.17, 15) is 4.79 Å². The highest BCUT2D eigenvalue weighted by atomic mass is 32.1. The lowest BCUT2D eigenvalue weighted by Crippen LogP contribution is -1.97. The van der Waals surface area contributed by atoms with Crippen molar-refractivity contribution in [2.45, 2.75) is 19.8 Å². The minimum absolute atomic E-state index is 0.286. The third kappa shape index (κ3) is 2.98. The summed E-state index contributed by atoms with van der Waals surface area (Å²) in [5.41, 5.74) is 2.81. The third-order valence-corrected chi connectivity index (χ3v) is 4.25. The van der Waals surface area contributed by atoms with Crippen LogP contribution in [0.2, 0.25) is 0 Å². The van der Waals surface area contributed by atoms with E-state index in [4.69, 9.17) is 4.74 Å². The largest absolute Gasteiger partial charge is 0.422 e. The molecule has 0 radical (unpaired) electrons. The SMILES string of the molecule is CC(C)c1ccc(C2=CC(=Cc3cccs3)C(=O)O2)cc1. The Morgan fingerprint density at radius 1 is 1.14 bits per heavy atom. The Labute approximate surface area is 128 Å². The molecular weight excluding hydrogens is 280 g/mol. The van der Waals surface area contributed by atoms with Crippen molar-refractivity contribution >= 4 is 29.1 Å². The molecule has 2 heterocycles. The van der Waals surface area contributed by atoms with Crippen molar-refractivity contribution in [3.63, 3.8) is 0 Å². The fourth-order valence-electron chi connectivity index (χ4n) is 2.19. The third-order valence-electron chi connectivity index (χ3n) is 3.43. The molecule has 2 nitrogen and oxygen atoms in total. The van der Waals surface area contributed by atoms with Crippen LogP contribution >= 0.6 is 11.3 Å². The quantitative estimate of drug-likeness (QED) is 0.597. The van der Waals surface area contributed by atoms with E-state index < -0.39 is 0 Å². The second kappa shape index (κ2) is 5.70. The first-order valence-corrected chi connectivity index (χ1v) is 7.81. The first-order valence-electron chi connectivity index (χ1n) is 6.93. The van der Waals surface area contributed by atoms with Crippen LogP contribution in [-0.2, 0) is 9.53 Å². The molecule has 0 atom stereocenters. The molecular formula is C18H16O2S. The summed E-state index contributed by atoms with van der Waals surface area (Å²) in [6.45, 7) is 4.32. The van der Waals surface area contributed by atoms with Gasteiger partial charge in [-0.3, -0.25) is 0 Å². The smallest absolute Gasteiger partial charge is 0.343 e. The standard InChI is InChI=1S/C18H16O2S/c1-12(2)13-5-7-14(8-6-13)17-11-15(18(19)20-17)10-16-4-3-9-21-16/h3-12H,1-2H3. The molecule has 1 aromatic heterocycles. The minimum atomic E-state index is -0.286. The highest BCUT2D eigenvalue weighted by Crippen LogP contribution is 2.29. The van der Waals surface area contributed by atoms with Crippen LogP contribution in [0.1, 0.15) is 35.8 Å². The lowest BCUT2D eigenvalue weighted by molar-refractivity contribution is -0.130. The minimum Gasteiger partial charge on any atom is -0.422 e. The summed E-state index contributed by atoms with van der Waals surface area (Å²) in [4.78, 5) is 13.0. The van der Waals surface area contributed by atoms with Gasteiger partial charge in [0.2, 0.25) is 0 Å². The number of thiophene rings is 1. The summed E-state index contributed by atoms with van der Waals surface area (Å²) in [5, 5.41) is 1.99. The average molecular weight is 296 g/mol. The predicted octanol–water partition coefficient (Wildman–Crippen LogP) is 4.85. The Morgan fingerprint density at radius 2 is 1.90 bits per heavy atom. The molecule has 1 aliphatic heterocycles. The van der Waals surface area contributed by atoms with Gasteiger partial charge in [0.1, 0.15) is 5.76 Å². The molecule has 1 aliphatic rings. The van der Waals surface area contributed by atoms with Crippen LogP contribution in [0.4, 0.5) is 0 Å². The van der Waals surface area contributed by atoms with Crippen molar-refractivity contribution in [2.75, 3.05) is 0 Å². The number of rotatable bonds is 3. The van der Waals surface area contributed by atoms with Gasteiger partial charge in [0.25, 0.3) is 0 Å². The van der Waals surface area contributed by atoms with Gasteiger partial charge in [-0.1, -0.05) is 44.2 Å². The Kier molecular flexibility index (Phi) is 3.76. The van der Waals surface area contributed by atoms with Gasteiger partial charge in [-0.15, -0.1) is 11.3 Å². The van der Waals surface area contributed by atoms with Crippen LogP contribution in [-0.4, -0.2) is 5.97 Å². The van der Waals surface area contributed by atoms with Gasteiger partial charge < -0.3 is 4.74 Å². The number of hydrogen-bond donors (Lipinski definition) is 0. The second-order valence-electron chi connectivity index (χ2n) is 5.29. The zero-order valence-electron chi connectivity index (χ0n) is 12.0. The summed E-state index contributed by atoms with van der Waals surface area (Å²) >= 11 is 1.60. The van der Waals surface area contributed by atoms with Crippen LogP contribution in [0.15, 0.2) is 53.4 Å². The highest BCUT2D eigenvalue weighted by Gasteiger charge is 2.22. The number of ether oxygens (including phenoxy) is 1. The van der Waals surface area contributed by atoms with Crippen LogP contribution in [0, 0.1) is 0 Å². The average Bonchev–Trinajstić information content (AvgIpc) is 3.10. The molecule has 1 aromatic carbocycles. The van der Waals surface area contributed by atoms with Crippen molar-refractivity contribution in [1.82, 2.24) is 0 Å². The first-order chi connectivity index (χ1) is 10.1. The molecule has 106 valence electrons. The summed E-state index contributed by atoms with van der Waals surface area (Å²) in [7, 11) is 0. The molecule has 21 heavy (non-hydrogen) atoms. The fourth-order valence-corrected chi connectivity index (χ4v) is 2.86. The van der Waals surface area contributed by atoms with Crippen molar-refractivity contribution in [1.29, 1.82) is 0 Å². The molecule has 0 saturated heterocycles. The summed E-state index contributed by atoms with van der Waals surface area (Å²) < 4.78 is 5.37. The molecule has 0 fully saturated rings. The van der Waals surface area contributed by atoms with Crippen molar-refractivity contribution in [3.8, 4) is 0 Å². The van der Waals surface area contributed by atoms with E-state index >= 15 is 0 Å². The van der Waals surface area contributed by atoms with E-state index in [0.717, 1.165) is 10.4 Å². The van der Waals surface area contributed by atoms with Crippen LogP contribution in [0.3, 0.4) is 0 Å². The van der Waals surface area contributed by atoms with Gasteiger partial charge in [0.05, 0.1) is 5.57 Å². The molecule has 2 aromatic rings. The number of esters is 1. The zero-order valence-corrected chi connectivity index (χ0v) is 12.8. The van der Waals surface area contributed by atoms with Crippen molar-refractivity contribution < 1.29 is 9.53 Å². The zero-order chi connectivity index (χ0) is 14.8. The summed E-state index contributed by atoms with van der Waals surface area (Å²) in [5.74, 6) is 0.831. The van der Waals surface area contributed by atoms with E-state index in [2.05, 4.69) is 26.0 Å². The fraction of sp³-hybridized carbons (Fsp3) is 0.167. The van der Waals surface area contributed by atoms with Crippen LogP contribution < -0.4 is 0 Å². The highest BCUT2D eigenvalue weighted by molar-refractivity contribution is 7.10. The summed E-state index contributed by atoms with van der Waals surface area (Å²) in [6, 6.07) is 12.1. The Hall–Kier alpha value is -2.13. The lowest BCUT2D eigenvalue weighted by atomic mass is 10.0. The Balaban J connectivity index is 1.88. The van der Waals surface area contributed by atoms with Gasteiger partial charge in [-0.25, -0.2) is 4.79 Å². The van der Waals surface area contributed by atoms with E-state index in [1.165, 1.54) is 5.56 Å². The molecule has 3 heteroatoms. The van der Waals surface area contributed by atoms with Crippen molar-refractivity contribution in [3.05, 3.63) is 69.4 Å². The maximum atomic E-state index is 11.9. The van der Waals surface area contributed by atoms with Crippen LogP contribution in [0.25, 0.3) is 11.8 Å². The van der Waals surface area contributed by atoms with E-state index in [1.54, 1.807) is 11.3 Å². The van der Waals surface area contributed by atoms with Crippen LogP contribution in [0.5, 0.6) is 0 Å². The molecule has 3 rings (SSSR count). The number of carbonyl (C=O) groups excluding carboxylic acids is 1. The molecule has 0 N–H and O–H groups in total. The van der Waals surface area contributed by atoms with Gasteiger partial charge in [-0.05, 0) is 35.1 Å². The molecule has 0 spiro atoms. The molecule has 0 saturated carbocycles. The number of benzene rings is 1. The topological polar surface area (TPSA) is 26.3 Å². The maximum absolute atomic E-state index is 11.9. The van der Waals surface area contributed by atoms with E-state index in [1.807, 2.05) is 41.8 Å². The molecule has 0 unspecified atom stereocenters. The van der Waals surface area contributed by atoms with Gasteiger partial charge in [0.15, 0.2) is 0 Å². The van der Waals surface area contributed by atoms with E-state index in [-0.39, 0.29) is 5.97 Å². The molecule has 0 amide bonds. The molecule has 0 bridgehead atoms. The number of cyclic esters (lactones) is 1. The van der Waals surface area contributed by atoms with Gasteiger partial charge >= 0.3 is 5.97 Å².